The number of rotatable bonds is 4. The van der Waals surface area contributed by atoms with Crippen LogP contribution in [0.2, 0.25) is 0 Å². The van der Waals surface area contributed by atoms with Gasteiger partial charge in [0.05, 0.1) is 0 Å². The second-order valence-electron chi connectivity index (χ2n) is 4.90. The zero-order chi connectivity index (χ0) is 12.1. The summed E-state index contributed by atoms with van der Waals surface area (Å²) in [6.07, 6.45) is 9.60. The monoisotopic (exact) mass is 227 g/mol. The second-order valence-corrected chi connectivity index (χ2v) is 4.90. The first-order valence-electron chi connectivity index (χ1n) is 6.37. The van der Waals surface area contributed by atoms with E-state index in [1.807, 2.05) is 12.2 Å². The minimum Gasteiger partial charge on any atom is -0.379 e. The van der Waals surface area contributed by atoms with Crippen LogP contribution in [0, 0.1) is 0 Å². The number of para-hydroxylation sites is 1. The first-order valence-corrected chi connectivity index (χ1v) is 6.37. The molecule has 1 aliphatic heterocycles. The molecule has 1 heterocycles. The normalized spacial score (nSPS) is 17.4. The van der Waals surface area contributed by atoms with Crippen molar-refractivity contribution in [2.75, 3.05) is 5.32 Å². The SMILES string of the molecule is C=CCC1(CC=C)CCCc2ccccc2N1. The van der Waals surface area contributed by atoms with E-state index >= 15 is 0 Å². The van der Waals surface area contributed by atoms with Gasteiger partial charge in [-0.05, 0) is 43.7 Å². The molecule has 1 aliphatic rings. The van der Waals surface area contributed by atoms with Crippen molar-refractivity contribution in [3.8, 4) is 0 Å². The maximum absolute atomic E-state index is 3.89. The number of hydrogen-bond acceptors (Lipinski definition) is 1. The van der Waals surface area contributed by atoms with Gasteiger partial charge in [0.1, 0.15) is 0 Å². The van der Waals surface area contributed by atoms with E-state index in [4.69, 9.17) is 0 Å². The molecular formula is C16H21N. The summed E-state index contributed by atoms with van der Waals surface area (Å²) in [6.45, 7) is 7.79. The van der Waals surface area contributed by atoms with Gasteiger partial charge in [0, 0.05) is 11.2 Å². The standard InChI is InChI=1S/C16H21N/c1-3-11-16(12-4-2)13-7-9-14-8-5-6-10-15(14)17-16/h3-6,8,10,17H,1-2,7,9,11-13H2. The lowest BCUT2D eigenvalue weighted by Crippen LogP contribution is -2.36. The van der Waals surface area contributed by atoms with Crippen LogP contribution in [0.25, 0.3) is 0 Å². The Labute approximate surface area is 104 Å². The molecule has 0 saturated carbocycles. The highest BCUT2D eigenvalue weighted by Gasteiger charge is 2.29. The van der Waals surface area contributed by atoms with Crippen LogP contribution >= 0.6 is 0 Å². The molecule has 2 rings (SSSR count). The molecule has 1 N–H and O–H groups in total. The molecule has 0 bridgehead atoms. The Bertz CT molecular complexity index is 396. The predicted octanol–water partition coefficient (Wildman–Crippen LogP) is 4.33. The average Bonchev–Trinajstić information content (AvgIpc) is 2.49. The fourth-order valence-corrected chi connectivity index (χ4v) is 2.77. The van der Waals surface area contributed by atoms with E-state index in [9.17, 15) is 0 Å². The number of benzene rings is 1. The molecular weight excluding hydrogens is 206 g/mol. The van der Waals surface area contributed by atoms with E-state index in [1.54, 1.807) is 0 Å². The molecule has 0 spiro atoms. The van der Waals surface area contributed by atoms with Crippen LogP contribution in [-0.2, 0) is 6.42 Å². The quantitative estimate of drug-likeness (QED) is 0.755. The molecule has 90 valence electrons. The summed E-state index contributed by atoms with van der Waals surface area (Å²) in [5, 5.41) is 3.73. The van der Waals surface area contributed by atoms with Crippen LogP contribution < -0.4 is 5.32 Å². The number of fused-ring (bicyclic) bond motifs is 1. The van der Waals surface area contributed by atoms with E-state index in [2.05, 4.69) is 42.7 Å². The number of anilines is 1. The number of nitrogens with one attached hydrogen (secondary N) is 1. The van der Waals surface area contributed by atoms with Gasteiger partial charge in [-0.3, -0.25) is 0 Å². The lowest BCUT2D eigenvalue weighted by Gasteiger charge is -2.33. The third-order valence-corrected chi connectivity index (χ3v) is 3.59. The van der Waals surface area contributed by atoms with Crippen molar-refractivity contribution in [1.82, 2.24) is 0 Å². The maximum Gasteiger partial charge on any atom is 0.0442 e. The molecule has 0 atom stereocenters. The van der Waals surface area contributed by atoms with E-state index in [1.165, 1.54) is 30.5 Å². The van der Waals surface area contributed by atoms with Gasteiger partial charge in [-0.15, -0.1) is 13.2 Å². The third kappa shape index (κ3) is 2.60. The van der Waals surface area contributed by atoms with Crippen molar-refractivity contribution in [3.63, 3.8) is 0 Å². The van der Waals surface area contributed by atoms with E-state index in [-0.39, 0.29) is 5.54 Å². The molecule has 0 aromatic heterocycles. The zero-order valence-corrected chi connectivity index (χ0v) is 10.4. The van der Waals surface area contributed by atoms with Crippen LogP contribution in [-0.4, -0.2) is 5.54 Å². The topological polar surface area (TPSA) is 12.0 Å². The molecule has 0 unspecified atom stereocenters. The Morgan fingerprint density at radius 2 is 1.88 bits per heavy atom. The Hall–Kier alpha value is -1.50. The first kappa shape index (κ1) is 12.0. The summed E-state index contributed by atoms with van der Waals surface area (Å²) in [7, 11) is 0. The maximum atomic E-state index is 3.89. The van der Waals surface area contributed by atoms with Crippen LogP contribution in [0.5, 0.6) is 0 Å². The highest BCUT2D eigenvalue weighted by Crippen LogP contribution is 2.34. The molecule has 17 heavy (non-hydrogen) atoms. The molecule has 0 radical (unpaired) electrons. The minimum atomic E-state index is 0.121. The van der Waals surface area contributed by atoms with E-state index in [0.717, 1.165) is 12.8 Å². The van der Waals surface area contributed by atoms with Crippen LogP contribution in [0.1, 0.15) is 31.2 Å². The first-order chi connectivity index (χ1) is 8.29. The van der Waals surface area contributed by atoms with Crippen molar-refractivity contribution in [1.29, 1.82) is 0 Å². The third-order valence-electron chi connectivity index (χ3n) is 3.59. The Balaban J connectivity index is 2.31. The molecule has 1 aromatic carbocycles. The Kier molecular flexibility index (Phi) is 3.68. The molecule has 1 aromatic rings. The van der Waals surface area contributed by atoms with Gasteiger partial charge in [0.15, 0.2) is 0 Å². The summed E-state index contributed by atoms with van der Waals surface area (Å²) >= 11 is 0. The van der Waals surface area contributed by atoms with Crippen molar-refractivity contribution < 1.29 is 0 Å². The van der Waals surface area contributed by atoms with Gasteiger partial charge in [-0.25, -0.2) is 0 Å². The molecule has 0 saturated heterocycles. The number of aryl methyl sites for hydroxylation is 1. The largest absolute Gasteiger partial charge is 0.379 e. The Morgan fingerprint density at radius 1 is 1.18 bits per heavy atom. The molecule has 0 fully saturated rings. The second kappa shape index (κ2) is 5.22. The van der Waals surface area contributed by atoms with Gasteiger partial charge >= 0.3 is 0 Å². The summed E-state index contributed by atoms with van der Waals surface area (Å²) in [5.41, 5.74) is 2.84. The number of hydrogen-bond donors (Lipinski definition) is 1. The summed E-state index contributed by atoms with van der Waals surface area (Å²) in [5.74, 6) is 0. The highest BCUT2D eigenvalue weighted by molar-refractivity contribution is 5.54. The lowest BCUT2D eigenvalue weighted by atomic mass is 9.86. The summed E-state index contributed by atoms with van der Waals surface area (Å²) in [4.78, 5) is 0. The molecule has 1 heteroatoms. The van der Waals surface area contributed by atoms with E-state index in [0.29, 0.717) is 0 Å². The fourth-order valence-electron chi connectivity index (χ4n) is 2.77. The summed E-state index contributed by atoms with van der Waals surface area (Å²) in [6, 6.07) is 8.63. The highest BCUT2D eigenvalue weighted by atomic mass is 15.0. The molecule has 0 aliphatic carbocycles. The van der Waals surface area contributed by atoms with Crippen LogP contribution in [0.3, 0.4) is 0 Å². The average molecular weight is 227 g/mol. The smallest absolute Gasteiger partial charge is 0.0442 e. The van der Waals surface area contributed by atoms with Gasteiger partial charge in [-0.1, -0.05) is 30.4 Å². The fraction of sp³-hybridized carbons (Fsp3) is 0.375. The van der Waals surface area contributed by atoms with Gasteiger partial charge in [-0.2, -0.15) is 0 Å². The Morgan fingerprint density at radius 3 is 2.59 bits per heavy atom. The van der Waals surface area contributed by atoms with Crippen molar-refractivity contribution in [2.45, 2.75) is 37.6 Å². The van der Waals surface area contributed by atoms with Crippen molar-refractivity contribution in [2.24, 2.45) is 0 Å². The molecule has 1 nitrogen and oxygen atoms in total. The van der Waals surface area contributed by atoms with Crippen molar-refractivity contribution >= 4 is 5.69 Å². The minimum absolute atomic E-state index is 0.121. The van der Waals surface area contributed by atoms with Gasteiger partial charge in [0.25, 0.3) is 0 Å². The summed E-state index contributed by atoms with van der Waals surface area (Å²) < 4.78 is 0. The van der Waals surface area contributed by atoms with Gasteiger partial charge < -0.3 is 5.32 Å². The van der Waals surface area contributed by atoms with Gasteiger partial charge in [0.2, 0.25) is 0 Å². The predicted molar refractivity (Wildman–Crippen MR) is 75.4 cm³/mol. The lowest BCUT2D eigenvalue weighted by molar-refractivity contribution is 0.434. The molecule has 0 amide bonds. The van der Waals surface area contributed by atoms with Crippen molar-refractivity contribution in [3.05, 3.63) is 55.1 Å². The van der Waals surface area contributed by atoms with Crippen LogP contribution in [0.4, 0.5) is 5.69 Å². The van der Waals surface area contributed by atoms with E-state index < -0.39 is 0 Å². The van der Waals surface area contributed by atoms with Crippen LogP contribution in [0.15, 0.2) is 49.6 Å². The zero-order valence-electron chi connectivity index (χ0n) is 10.4.